The minimum absolute atomic E-state index is 0.161. The predicted octanol–water partition coefficient (Wildman–Crippen LogP) is 5.70. The van der Waals surface area contributed by atoms with Gasteiger partial charge >= 0.3 is 0 Å². The fourth-order valence-corrected chi connectivity index (χ4v) is 10.4. The van der Waals surface area contributed by atoms with E-state index in [-0.39, 0.29) is 79.3 Å². The van der Waals surface area contributed by atoms with Crippen LogP contribution in [0.3, 0.4) is 0 Å². The first kappa shape index (κ1) is 108. The molecule has 4 aromatic carbocycles. The molecule has 36 heteroatoms. The quantitative estimate of drug-likeness (QED) is 0.0378. The van der Waals surface area contributed by atoms with Crippen LogP contribution in [-0.2, 0) is 142 Å². The van der Waals surface area contributed by atoms with Gasteiger partial charge in [0, 0.05) is 42.7 Å². The van der Waals surface area contributed by atoms with E-state index in [9.17, 15) is 0 Å². The van der Waals surface area contributed by atoms with Crippen LogP contribution in [0.25, 0.3) is 32.3 Å². The average Bonchev–Trinajstić information content (AvgIpc) is 0.726. The highest BCUT2D eigenvalue weighted by Crippen LogP contribution is 2.47. The Morgan fingerprint density at radius 2 is 0.183 bits per heavy atom. The Bertz CT molecular complexity index is 2380. The van der Waals surface area contributed by atoms with Crippen LogP contribution < -0.4 is 28.4 Å². The molecule has 0 aliphatic heterocycles. The summed E-state index contributed by atoms with van der Waals surface area (Å²) in [6.45, 7) is 23.1. The summed E-state index contributed by atoms with van der Waals surface area (Å²) in [7, 11) is 9.81. The van der Waals surface area contributed by atoms with E-state index in [4.69, 9.17) is 171 Å². The lowest BCUT2D eigenvalue weighted by molar-refractivity contribution is -0.0104. The third-order valence-corrected chi connectivity index (χ3v) is 16.3. The van der Waals surface area contributed by atoms with Crippen molar-refractivity contribution in [2.75, 3.05) is 439 Å². The molecule has 0 atom stereocenters. The molecule has 0 saturated carbocycles. The van der Waals surface area contributed by atoms with Gasteiger partial charge in [-0.3, -0.25) is 0 Å². The zero-order valence-electron chi connectivity index (χ0n) is 72.6. The van der Waals surface area contributed by atoms with Crippen molar-refractivity contribution in [3.8, 4) is 34.5 Å². The van der Waals surface area contributed by atoms with E-state index >= 15 is 0 Å². The molecule has 0 fully saturated rings. The first-order chi connectivity index (χ1) is 59.6. The van der Waals surface area contributed by atoms with E-state index < -0.39 is 0 Å². The number of hydrogen-bond acceptors (Lipinski definition) is 36. The Morgan fingerprint density at radius 1 is 0.108 bits per heavy atom. The van der Waals surface area contributed by atoms with Gasteiger partial charge < -0.3 is 171 Å². The molecule has 0 amide bonds. The van der Waals surface area contributed by atoms with E-state index in [2.05, 4.69) is 0 Å². The van der Waals surface area contributed by atoms with Crippen LogP contribution >= 0.6 is 0 Å². The van der Waals surface area contributed by atoms with Gasteiger partial charge in [-0.2, -0.15) is 0 Å². The molecule has 4 rings (SSSR count). The Balaban J connectivity index is 1.72. The third-order valence-electron chi connectivity index (χ3n) is 16.3. The minimum Gasteiger partial charge on any atom is -0.487 e. The molecule has 0 heterocycles. The third kappa shape index (κ3) is 57.7. The fraction of sp³-hybridized carbons (Fsp3) is 0.786. The van der Waals surface area contributed by atoms with Crippen molar-refractivity contribution in [2.24, 2.45) is 0 Å². The molecule has 696 valence electrons. The summed E-state index contributed by atoms with van der Waals surface area (Å²) in [6, 6.07) is 11.8. The molecule has 0 saturated heterocycles. The molecule has 0 aromatic heterocycles. The Kier molecular flexibility index (Phi) is 74.0. The van der Waals surface area contributed by atoms with Crippen LogP contribution in [0, 0.1) is 0 Å². The number of ether oxygens (including phenoxy) is 36. The highest BCUT2D eigenvalue weighted by atomic mass is 16.6. The second-order valence-corrected chi connectivity index (χ2v) is 25.3. The van der Waals surface area contributed by atoms with Gasteiger partial charge in [0.1, 0.15) is 39.6 Å². The smallest absolute Gasteiger partial charge is 0.161 e. The zero-order chi connectivity index (χ0) is 85.1. The first-order valence-corrected chi connectivity index (χ1v) is 41.7. The highest BCUT2D eigenvalue weighted by molar-refractivity contribution is 6.27. The van der Waals surface area contributed by atoms with Crippen molar-refractivity contribution < 1.29 is 171 Å². The van der Waals surface area contributed by atoms with Crippen molar-refractivity contribution in [1.82, 2.24) is 0 Å². The van der Waals surface area contributed by atoms with E-state index in [0.717, 1.165) is 32.3 Å². The molecule has 0 aliphatic rings. The van der Waals surface area contributed by atoms with Gasteiger partial charge in [-0.05, 0) is 68.7 Å². The van der Waals surface area contributed by atoms with E-state index in [1.807, 2.05) is 36.4 Å². The van der Waals surface area contributed by atoms with Crippen molar-refractivity contribution >= 4 is 32.3 Å². The van der Waals surface area contributed by atoms with Gasteiger partial charge in [-0.15, -0.1) is 0 Å². The van der Waals surface area contributed by atoms with Crippen molar-refractivity contribution in [1.29, 1.82) is 0 Å². The SMILES string of the molecule is COCCOCCOCCOCCOCCOc1cc2c3cc(OCCOCCOCCOCCOCCOC)c(OCCOCCOCCOCCOCCOC)cc3c3cc(OCCOCCOCCOCCOCCOC)c(OCCOCCOCCOCCOCCOC)cc3c2cc1OCCOCCOCCOCCOCCOC. The Hall–Kier alpha value is -4.74. The van der Waals surface area contributed by atoms with Crippen LogP contribution in [0.5, 0.6) is 34.5 Å². The minimum atomic E-state index is 0.161. The van der Waals surface area contributed by atoms with E-state index in [0.29, 0.717) is 352 Å². The zero-order valence-corrected chi connectivity index (χ0v) is 72.6. The topological polar surface area (TPSA) is 332 Å². The summed E-state index contributed by atoms with van der Waals surface area (Å²) in [5, 5.41) is 4.69. The number of hydrogen-bond donors (Lipinski definition) is 0. The first-order valence-electron chi connectivity index (χ1n) is 41.7. The lowest BCUT2D eigenvalue weighted by atomic mass is 9.93. The molecular weight excluding hydrogens is 1580 g/mol. The van der Waals surface area contributed by atoms with Crippen molar-refractivity contribution in [2.45, 2.75) is 0 Å². The van der Waals surface area contributed by atoms with Crippen molar-refractivity contribution in [3.63, 3.8) is 0 Å². The Labute approximate surface area is 710 Å². The maximum Gasteiger partial charge on any atom is 0.161 e. The fourth-order valence-electron chi connectivity index (χ4n) is 10.4. The molecule has 0 aliphatic carbocycles. The molecule has 0 bridgehead atoms. The summed E-state index contributed by atoms with van der Waals surface area (Å²) >= 11 is 0. The van der Waals surface area contributed by atoms with Gasteiger partial charge in [-0.1, -0.05) is 0 Å². The molecular formula is C84H144O36. The summed E-state index contributed by atoms with van der Waals surface area (Å²) in [5.74, 6) is 2.66. The predicted molar refractivity (Wildman–Crippen MR) is 443 cm³/mol. The standard InChI is InChI=1S/C84H144O36/c1-85-7-13-91-19-25-97-31-37-103-43-49-109-55-61-115-79-67-73-74(68-80(79)116-62-56-110-50-44-104-38-32-98-26-20-92-14-8-86-2)76-70-82(118-64-58-112-52-46-106-40-34-100-28-22-94-16-10-88-4)84(120-66-60-114-54-48-108-42-36-102-30-24-96-18-12-90-6)72-78(76)77-71-83(119-65-59-113-53-47-107-41-35-101-29-23-95-17-11-89-5)81(69-75(73)77)117-63-57-111-51-45-105-39-33-99-27-21-93-15-9-87-3/h67-72H,7-66H2,1-6H3. The lowest BCUT2D eigenvalue weighted by Crippen LogP contribution is -2.15. The normalized spacial score (nSPS) is 11.8. The van der Waals surface area contributed by atoms with E-state index in [1.165, 1.54) is 0 Å². The van der Waals surface area contributed by atoms with Crippen LogP contribution in [0.15, 0.2) is 36.4 Å². The number of methoxy groups -OCH3 is 6. The number of rotatable bonds is 96. The van der Waals surface area contributed by atoms with Crippen LogP contribution in [0.2, 0.25) is 0 Å². The van der Waals surface area contributed by atoms with Crippen LogP contribution in [0.4, 0.5) is 0 Å². The molecule has 4 aromatic rings. The van der Waals surface area contributed by atoms with Crippen LogP contribution in [0.1, 0.15) is 0 Å². The monoisotopic (exact) mass is 1730 g/mol. The van der Waals surface area contributed by atoms with Gasteiger partial charge in [-0.25, -0.2) is 0 Å². The van der Waals surface area contributed by atoms with Gasteiger partial charge in [0.25, 0.3) is 0 Å². The molecule has 0 radical (unpaired) electrons. The van der Waals surface area contributed by atoms with Gasteiger partial charge in [0.2, 0.25) is 0 Å². The second kappa shape index (κ2) is 82.5. The molecule has 120 heavy (non-hydrogen) atoms. The van der Waals surface area contributed by atoms with Crippen LogP contribution in [-0.4, -0.2) is 439 Å². The largest absolute Gasteiger partial charge is 0.487 e. The maximum absolute atomic E-state index is 6.67. The van der Waals surface area contributed by atoms with Gasteiger partial charge in [0.05, 0.1) is 357 Å². The Morgan fingerprint density at radius 3 is 0.267 bits per heavy atom. The molecule has 36 nitrogen and oxygen atoms in total. The van der Waals surface area contributed by atoms with Crippen molar-refractivity contribution in [3.05, 3.63) is 36.4 Å². The second-order valence-electron chi connectivity index (χ2n) is 25.3. The maximum atomic E-state index is 6.67. The summed E-state index contributed by atoms with van der Waals surface area (Å²) in [4.78, 5) is 0. The number of fused-ring (bicyclic) bond motifs is 6. The summed E-state index contributed by atoms with van der Waals surface area (Å²) in [6.07, 6.45) is 0. The van der Waals surface area contributed by atoms with Gasteiger partial charge in [0.15, 0.2) is 34.5 Å². The lowest BCUT2D eigenvalue weighted by Gasteiger charge is -2.21. The molecule has 0 unspecified atom stereocenters. The molecule has 0 N–H and O–H groups in total. The van der Waals surface area contributed by atoms with E-state index in [1.54, 1.807) is 42.7 Å². The highest BCUT2D eigenvalue weighted by Gasteiger charge is 2.22. The summed E-state index contributed by atoms with van der Waals surface area (Å²) < 4.78 is 208. The average molecular weight is 1730 g/mol. The summed E-state index contributed by atoms with van der Waals surface area (Å²) in [5.41, 5.74) is 0. The molecule has 0 spiro atoms. The number of benzene rings is 4.